The van der Waals surface area contributed by atoms with Crippen LogP contribution in [0.5, 0.6) is 0 Å². The second kappa shape index (κ2) is 2.00. The van der Waals surface area contributed by atoms with E-state index in [1.807, 2.05) is 0 Å². The topological polar surface area (TPSA) is 20.2 Å². The van der Waals surface area contributed by atoms with Crippen LogP contribution >= 0.6 is 0 Å². The minimum atomic E-state index is -0.177. The van der Waals surface area contributed by atoms with Crippen molar-refractivity contribution in [3.8, 4) is 12.3 Å². The summed E-state index contributed by atoms with van der Waals surface area (Å²) in [6.07, 6.45) is 8.75. The second-order valence-electron chi connectivity index (χ2n) is 3.52. The van der Waals surface area contributed by atoms with Gasteiger partial charge in [-0.15, -0.1) is 12.3 Å². The predicted molar refractivity (Wildman–Crippen MR) is 39.2 cm³/mol. The van der Waals surface area contributed by atoms with Crippen molar-refractivity contribution in [3.63, 3.8) is 0 Å². The van der Waals surface area contributed by atoms with Crippen LogP contribution in [0.3, 0.4) is 0 Å². The van der Waals surface area contributed by atoms with Crippen molar-refractivity contribution in [1.82, 2.24) is 0 Å². The average molecular weight is 136 g/mol. The van der Waals surface area contributed by atoms with E-state index in [1.165, 1.54) is 19.3 Å². The summed E-state index contributed by atoms with van der Waals surface area (Å²) in [6.45, 7) is 0. The van der Waals surface area contributed by atoms with Crippen molar-refractivity contribution >= 4 is 0 Å². The lowest BCUT2D eigenvalue weighted by atomic mass is 9.87. The van der Waals surface area contributed by atoms with E-state index < -0.39 is 0 Å². The van der Waals surface area contributed by atoms with Gasteiger partial charge in [-0.25, -0.2) is 0 Å². The molecule has 4 atom stereocenters. The van der Waals surface area contributed by atoms with Gasteiger partial charge in [0.1, 0.15) is 0 Å². The van der Waals surface area contributed by atoms with Crippen molar-refractivity contribution in [3.05, 3.63) is 0 Å². The third kappa shape index (κ3) is 0.630. The quantitative estimate of drug-likeness (QED) is 0.493. The Kier molecular flexibility index (Phi) is 1.25. The first kappa shape index (κ1) is 6.24. The minimum absolute atomic E-state index is 0.177. The summed E-state index contributed by atoms with van der Waals surface area (Å²) in [5, 5.41) is 9.54. The summed E-state index contributed by atoms with van der Waals surface area (Å²) in [5.74, 6) is 4.05. The van der Waals surface area contributed by atoms with Crippen LogP contribution in [0, 0.1) is 30.1 Å². The molecule has 10 heavy (non-hydrogen) atoms. The third-order valence-corrected chi connectivity index (χ3v) is 3.06. The highest BCUT2D eigenvalue weighted by atomic mass is 16.3. The molecule has 2 aliphatic carbocycles. The lowest BCUT2D eigenvalue weighted by molar-refractivity contribution is 0.0840. The molecule has 0 aromatic rings. The first-order valence-corrected chi connectivity index (χ1v) is 3.97. The number of rotatable bonds is 0. The van der Waals surface area contributed by atoms with Crippen LogP contribution in [0.4, 0.5) is 0 Å². The van der Waals surface area contributed by atoms with Crippen molar-refractivity contribution in [2.45, 2.75) is 25.4 Å². The Hall–Kier alpha value is -0.480. The molecule has 2 fully saturated rings. The summed E-state index contributed by atoms with van der Waals surface area (Å²) < 4.78 is 0. The van der Waals surface area contributed by atoms with Gasteiger partial charge in [0, 0.05) is 5.92 Å². The van der Waals surface area contributed by atoms with Gasteiger partial charge in [0.15, 0.2) is 0 Å². The fourth-order valence-electron chi connectivity index (χ4n) is 2.50. The number of aliphatic hydroxyl groups excluding tert-OH is 1. The van der Waals surface area contributed by atoms with Crippen LogP contribution in [0.2, 0.25) is 0 Å². The molecule has 1 N–H and O–H groups in total. The molecule has 0 saturated heterocycles. The van der Waals surface area contributed by atoms with E-state index in [-0.39, 0.29) is 12.0 Å². The van der Waals surface area contributed by atoms with E-state index in [2.05, 4.69) is 5.92 Å². The molecule has 1 nitrogen and oxygen atoms in total. The Morgan fingerprint density at radius 1 is 1.30 bits per heavy atom. The standard InChI is InChI=1S/C9H12O/c1-2-8-6-3-4-7(5-6)9(8)10/h1,6-10H,3-5H2/t6-,7+,8-,9-/m1/s1. The van der Waals surface area contributed by atoms with Gasteiger partial charge in [0.05, 0.1) is 6.10 Å². The van der Waals surface area contributed by atoms with Crippen LogP contribution in [-0.4, -0.2) is 11.2 Å². The Labute approximate surface area is 61.4 Å². The largest absolute Gasteiger partial charge is 0.392 e. The van der Waals surface area contributed by atoms with Gasteiger partial charge in [0.25, 0.3) is 0 Å². The number of aliphatic hydroxyl groups is 1. The molecule has 0 amide bonds. The molecule has 0 spiro atoms. The number of hydrogen-bond donors (Lipinski definition) is 1. The average Bonchev–Trinajstić information content (AvgIpc) is 2.46. The second-order valence-corrected chi connectivity index (χ2v) is 3.52. The zero-order valence-electron chi connectivity index (χ0n) is 5.96. The smallest absolute Gasteiger partial charge is 0.0708 e. The molecule has 0 unspecified atom stereocenters. The van der Waals surface area contributed by atoms with Crippen molar-refractivity contribution in [2.24, 2.45) is 17.8 Å². The molecule has 2 bridgehead atoms. The molecule has 54 valence electrons. The first-order valence-electron chi connectivity index (χ1n) is 3.97. The Bertz CT molecular complexity index is 178. The maximum absolute atomic E-state index is 9.54. The van der Waals surface area contributed by atoms with E-state index in [0.29, 0.717) is 11.8 Å². The van der Waals surface area contributed by atoms with Gasteiger partial charge < -0.3 is 5.11 Å². The van der Waals surface area contributed by atoms with Crippen LogP contribution in [0.25, 0.3) is 0 Å². The van der Waals surface area contributed by atoms with Gasteiger partial charge in [-0.2, -0.15) is 0 Å². The van der Waals surface area contributed by atoms with E-state index in [4.69, 9.17) is 6.42 Å². The first-order chi connectivity index (χ1) is 4.83. The van der Waals surface area contributed by atoms with Crippen molar-refractivity contribution in [1.29, 1.82) is 0 Å². The summed E-state index contributed by atoms with van der Waals surface area (Å²) in [7, 11) is 0. The lowest BCUT2D eigenvalue weighted by Gasteiger charge is -2.21. The van der Waals surface area contributed by atoms with Crippen LogP contribution < -0.4 is 0 Å². The number of fused-ring (bicyclic) bond motifs is 2. The summed E-state index contributed by atoms with van der Waals surface area (Å²) in [5.41, 5.74) is 0. The molecule has 1 heteroatoms. The Morgan fingerprint density at radius 3 is 2.40 bits per heavy atom. The van der Waals surface area contributed by atoms with E-state index in [1.54, 1.807) is 0 Å². The highest BCUT2D eigenvalue weighted by molar-refractivity contribution is 5.09. The fraction of sp³-hybridized carbons (Fsp3) is 0.778. The molecule has 0 heterocycles. The third-order valence-electron chi connectivity index (χ3n) is 3.06. The highest BCUT2D eigenvalue weighted by Gasteiger charge is 2.45. The van der Waals surface area contributed by atoms with E-state index in [9.17, 15) is 5.11 Å². The van der Waals surface area contributed by atoms with Gasteiger partial charge in [-0.1, -0.05) is 0 Å². The van der Waals surface area contributed by atoms with Crippen LogP contribution in [0.1, 0.15) is 19.3 Å². The van der Waals surface area contributed by atoms with Gasteiger partial charge in [-0.05, 0) is 31.1 Å². The molecule has 0 aromatic carbocycles. The highest BCUT2D eigenvalue weighted by Crippen LogP contribution is 2.47. The summed E-state index contributed by atoms with van der Waals surface area (Å²) in [6, 6.07) is 0. The summed E-state index contributed by atoms with van der Waals surface area (Å²) in [4.78, 5) is 0. The molecule has 2 aliphatic rings. The predicted octanol–water partition coefficient (Wildman–Crippen LogP) is 1.03. The lowest BCUT2D eigenvalue weighted by Crippen LogP contribution is -2.25. The molecule has 2 rings (SSSR count). The van der Waals surface area contributed by atoms with Crippen molar-refractivity contribution in [2.75, 3.05) is 0 Å². The minimum Gasteiger partial charge on any atom is -0.392 e. The number of hydrogen-bond acceptors (Lipinski definition) is 1. The normalized spacial score (nSPS) is 51.2. The maximum Gasteiger partial charge on any atom is 0.0708 e. The molecule has 0 aliphatic heterocycles. The van der Waals surface area contributed by atoms with Gasteiger partial charge in [-0.3, -0.25) is 0 Å². The molecule has 0 aromatic heterocycles. The molecule has 0 radical (unpaired) electrons. The SMILES string of the molecule is C#C[C@@H]1[C@@H]2CC[C@@H](C2)[C@H]1O. The van der Waals surface area contributed by atoms with E-state index in [0.717, 1.165) is 0 Å². The Morgan fingerprint density at radius 2 is 2.00 bits per heavy atom. The Balaban J connectivity index is 2.19. The van der Waals surface area contributed by atoms with Gasteiger partial charge in [0.2, 0.25) is 0 Å². The van der Waals surface area contributed by atoms with Gasteiger partial charge >= 0.3 is 0 Å². The summed E-state index contributed by atoms with van der Waals surface area (Å²) >= 11 is 0. The van der Waals surface area contributed by atoms with Crippen LogP contribution in [0.15, 0.2) is 0 Å². The zero-order valence-corrected chi connectivity index (χ0v) is 5.96. The van der Waals surface area contributed by atoms with E-state index >= 15 is 0 Å². The number of terminal acetylenes is 1. The maximum atomic E-state index is 9.54. The monoisotopic (exact) mass is 136 g/mol. The molecule has 2 saturated carbocycles. The molecular formula is C9H12O. The fourth-order valence-corrected chi connectivity index (χ4v) is 2.50. The van der Waals surface area contributed by atoms with Crippen LogP contribution in [-0.2, 0) is 0 Å². The molecular weight excluding hydrogens is 124 g/mol. The van der Waals surface area contributed by atoms with Crippen molar-refractivity contribution < 1.29 is 5.11 Å². The zero-order chi connectivity index (χ0) is 7.14.